The third kappa shape index (κ3) is 2.65. The van der Waals surface area contributed by atoms with E-state index in [1.54, 1.807) is 22.2 Å². The van der Waals surface area contributed by atoms with Crippen LogP contribution < -0.4 is 5.73 Å². The topological polar surface area (TPSA) is 69.6 Å². The predicted octanol–water partition coefficient (Wildman–Crippen LogP) is 1.58. The van der Waals surface area contributed by atoms with Crippen molar-refractivity contribution in [1.82, 2.24) is 20.0 Å². The first kappa shape index (κ1) is 11.2. The van der Waals surface area contributed by atoms with Gasteiger partial charge in [0.1, 0.15) is 5.01 Å². The van der Waals surface area contributed by atoms with Gasteiger partial charge in [0.15, 0.2) is 0 Å². The highest BCUT2D eigenvalue weighted by Gasteiger charge is 2.09. The molecule has 0 amide bonds. The van der Waals surface area contributed by atoms with Crippen LogP contribution >= 0.6 is 11.3 Å². The summed E-state index contributed by atoms with van der Waals surface area (Å²) in [6.07, 6.45) is 5.69. The maximum Gasteiger partial charge on any atom is 0.114 e. The Labute approximate surface area is 98.3 Å². The SMILES string of the molecule is CCCC(N)c1cn(Cc2nccs2)nn1. The molecule has 1 unspecified atom stereocenters. The maximum atomic E-state index is 5.96. The molecule has 2 aromatic heterocycles. The molecule has 1 atom stereocenters. The Morgan fingerprint density at radius 3 is 3.12 bits per heavy atom. The molecule has 0 aliphatic carbocycles. The van der Waals surface area contributed by atoms with Gasteiger partial charge in [0.05, 0.1) is 24.5 Å². The lowest BCUT2D eigenvalue weighted by Crippen LogP contribution is -2.10. The van der Waals surface area contributed by atoms with E-state index in [0.717, 1.165) is 23.5 Å². The van der Waals surface area contributed by atoms with E-state index in [9.17, 15) is 0 Å². The molecule has 86 valence electrons. The van der Waals surface area contributed by atoms with Gasteiger partial charge in [0, 0.05) is 11.6 Å². The molecule has 2 N–H and O–H groups in total. The standard InChI is InChI=1S/C10H15N5S/c1-2-3-8(11)9-6-15(14-13-9)7-10-12-4-5-16-10/h4-6,8H,2-3,7,11H2,1H3. The van der Waals surface area contributed by atoms with Crippen LogP contribution in [0.2, 0.25) is 0 Å². The molecule has 0 saturated heterocycles. The number of nitrogens with zero attached hydrogens (tertiary/aromatic N) is 4. The first-order valence-corrected chi connectivity index (χ1v) is 6.21. The molecule has 2 aromatic rings. The summed E-state index contributed by atoms with van der Waals surface area (Å²) >= 11 is 1.61. The van der Waals surface area contributed by atoms with Crippen molar-refractivity contribution in [3.05, 3.63) is 28.5 Å². The lowest BCUT2D eigenvalue weighted by atomic mass is 10.1. The number of hydrogen-bond donors (Lipinski definition) is 1. The van der Waals surface area contributed by atoms with Gasteiger partial charge >= 0.3 is 0 Å². The highest BCUT2D eigenvalue weighted by atomic mass is 32.1. The molecular weight excluding hydrogens is 222 g/mol. The van der Waals surface area contributed by atoms with Crippen molar-refractivity contribution in [3.8, 4) is 0 Å². The second-order valence-electron chi connectivity index (χ2n) is 3.66. The molecule has 0 aromatic carbocycles. The van der Waals surface area contributed by atoms with E-state index in [1.807, 2.05) is 11.6 Å². The zero-order valence-electron chi connectivity index (χ0n) is 9.21. The molecule has 0 bridgehead atoms. The second kappa shape index (κ2) is 5.18. The van der Waals surface area contributed by atoms with Crippen LogP contribution in [0.3, 0.4) is 0 Å². The average molecular weight is 237 g/mol. The normalized spacial score (nSPS) is 12.9. The minimum Gasteiger partial charge on any atom is -0.323 e. The molecule has 0 aliphatic rings. The van der Waals surface area contributed by atoms with Crippen LogP contribution in [0.4, 0.5) is 0 Å². The van der Waals surface area contributed by atoms with E-state index in [2.05, 4.69) is 22.2 Å². The molecule has 2 heterocycles. The number of nitrogens with two attached hydrogens (primary N) is 1. The molecule has 0 saturated carbocycles. The summed E-state index contributed by atoms with van der Waals surface area (Å²) in [6.45, 7) is 2.78. The Kier molecular flexibility index (Phi) is 3.63. The van der Waals surface area contributed by atoms with Gasteiger partial charge in [-0.1, -0.05) is 18.6 Å². The summed E-state index contributed by atoms with van der Waals surface area (Å²) in [6, 6.07) is -0.00459. The molecule has 2 rings (SSSR count). The van der Waals surface area contributed by atoms with Gasteiger partial charge in [0.25, 0.3) is 0 Å². The fourth-order valence-electron chi connectivity index (χ4n) is 1.49. The van der Waals surface area contributed by atoms with Crippen molar-refractivity contribution in [2.75, 3.05) is 0 Å². The molecule has 5 nitrogen and oxygen atoms in total. The van der Waals surface area contributed by atoms with E-state index in [1.165, 1.54) is 0 Å². The van der Waals surface area contributed by atoms with Crippen molar-refractivity contribution < 1.29 is 0 Å². The number of thiazole rings is 1. The van der Waals surface area contributed by atoms with Gasteiger partial charge in [-0.05, 0) is 6.42 Å². The van der Waals surface area contributed by atoms with Gasteiger partial charge in [-0.15, -0.1) is 16.4 Å². The van der Waals surface area contributed by atoms with Crippen molar-refractivity contribution in [3.63, 3.8) is 0 Å². The van der Waals surface area contributed by atoms with Crippen LogP contribution in [0, 0.1) is 0 Å². The van der Waals surface area contributed by atoms with Crippen molar-refractivity contribution in [2.45, 2.75) is 32.4 Å². The molecule has 6 heteroatoms. The summed E-state index contributed by atoms with van der Waals surface area (Å²) in [5, 5.41) is 11.1. The van der Waals surface area contributed by atoms with Crippen molar-refractivity contribution in [1.29, 1.82) is 0 Å². The third-order valence-corrected chi connectivity index (χ3v) is 3.08. The van der Waals surface area contributed by atoms with Crippen LogP contribution in [-0.4, -0.2) is 20.0 Å². The van der Waals surface area contributed by atoms with E-state index < -0.39 is 0 Å². The van der Waals surface area contributed by atoms with E-state index >= 15 is 0 Å². The Bertz CT molecular complexity index is 422. The van der Waals surface area contributed by atoms with Crippen LogP contribution in [0.15, 0.2) is 17.8 Å². The van der Waals surface area contributed by atoms with Crippen LogP contribution in [0.5, 0.6) is 0 Å². The van der Waals surface area contributed by atoms with Crippen LogP contribution in [0.1, 0.15) is 36.5 Å². The average Bonchev–Trinajstić information content (AvgIpc) is 2.90. The van der Waals surface area contributed by atoms with Gasteiger partial charge in [0.2, 0.25) is 0 Å². The second-order valence-corrected chi connectivity index (χ2v) is 4.64. The predicted molar refractivity (Wildman–Crippen MR) is 63.1 cm³/mol. The third-order valence-electron chi connectivity index (χ3n) is 2.32. The lowest BCUT2D eigenvalue weighted by Gasteiger charge is -2.04. The summed E-state index contributed by atoms with van der Waals surface area (Å²) in [7, 11) is 0. The highest BCUT2D eigenvalue weighted by molar-refractivity contribution is 7.09. The molecule has 16 heavy (non-hydrogen) atoms. The largest absolute Gasteiger partial charge is 0.323 e. The number of aromatic nitrogens is 4. The van der Waals surface area contributed by atoms with Crippen molar-refractivity contribution in [2.24, 2.45) is 5.73 Å². The lowest BCUT2D eigenvalue weighted by molar-refractivity contribution is 0.617. The fraction of sp³-hybridized carbons (Fsp3) is 0.500. The Balaban J connectivity index is 2.02. The monoisotopic (exact) mass is 237 g/mol. The molecule has 0 aliphatic heterocycles. The highest BCUT2D eigenvalue weighted by Crippen LogP contribution is 2.13. The maximum absolute atomic E-state index is 5.96. The first-order valence-electron chi connectivity index (χ1n) is 5.33. The summed E-state index contributed by atoms with van der Waals surface area (Å²) in [5.74, 6) is 0. The number of rotatable bonds is 5. The summed E-state index contributed by atoms with van der Waals surface area (Å²) < 4.78 is 1.78. The van der Waals surface area contributed by atoms with Crippen LogP contribution in [-0.2, 0) is 6.54 Å². The van der Waals surface area contributed by atoms with E-state index in [4.69, 9.17) is 5.73 Å². The van der Waals surface area contributed by atoms with E-state index in [-0.39, 0.29) is 6.04 Å². The summed E-state index contributed by atoms with van der Waals surface area (Å²) in [5.41, 5.74) is 6.82. The quantitative estimate of drug-likeness (QED) is 0.857. The molecule has 0 radical (unpaired) electrons. The minimum absolute atomic E-state index is 0.00459. The Morgan fingerprint density at radius 2 is 2.44 bits per heavy atom. The smallest absolute Gasteiger partial charge is 0.114 e. The number of hydrogen-bond acceptors (Lipinski definition) is 5. The Hall–Kier alpha value is -1.27. The Morgan fingerprint density at radius 1 is 1.56 bits per heavy atom. The molecule has 0 fully saturated rings. The van der Waals surface area contributed by atoms with Gasteiger partial charge < -0.3 is 5.73 Å². The van der Waals surface area contributed by atoms with Gasteiger partial charge in [-0.3, -0.25) is 0 Å². The van der Waals surface area contributed by atoms with E-state index in [0.29, 0.717) is 6.54 Å². The fourth-order valence-corrected chi connectivity index (χ4v) is 2.10. The first-order chi connectivity index (χ1) is 7.79. The van der Waals surface area contributed by atoms with Gasteiger partial charge in [-0.25, -0.2) is 9.67 Å². The zero-order valence-corrected chi connectivity index (χ0v) is 10.0. The molecular formula is C10H15N5S. The molecule has 0 spiro atoms. The minimum atomic E-state index is -0.00459. The van der Waals surface area contributed by atoms with Gasteiger partial charge in [-0.2, -0.15) is 0 Å². The van der Waals surface area contributed by atoms with Crippen LogP contribution in [0.25, 0.3) is 0 Å². The zero-order chi connectivity index (χ0) is 11.4. The summed E-state index contributed by atoms with van der Waals surface area (Å²) in [4.78, 5) is 4.20. The van der Waals surface area contributed by atoms with Crippen molar-refractivity contribution >= 4 is 11.3 Å².